The van der Waals surface area contributed by atoms with Gasteiger partial charge in [0.1, 0.15) is 5.75 Å². The van der Waals surface area contributed by atoms with Gasteiger partial charge in [-0.25, -0.2) is 4.79 Å². The Balaban J connectivity index is 3.27. The van der Waals surface area contributed by atoms with Gasteiger partial charge in [0, 0.05) is 0 Å². The standard InChI is InChI=1S/C9H9NO4/c1-14-7-4-2-3-6(9(12)13)8(7)10-5-11/h2-5H,1H3,(H,10,11)(H,12,13). The van der Waals surface area contributed by atoms with Crippen LogP contribution >= 0.6 is 0 Å². The van der Waals surface area contributed by atoms with E-state index in [0.717, 1.165) is 0 Å². The van der Waals surface area contributed by atoms with Gasteiger partial charge in [-0.2, -0.15) is 0 Å². The van der Waals surface area contributed by atoms with Crippen LogP contribution in [0.4, 0.5) is 5.69 Å². The van der Waals surface area contributed by atoms with Gasteiger partial charge >= 0.3 is 5.97 Å². The van der Waals surface area contributed by atoms with Crippen LogP contribution in [0.1, 0.15) is 10.4 Å². The van der Waals surface area contributed by atoms with Crippen molar-refractivity contribution in [2.45, 2.75) is 0 Å². The number of methoxy groups -OCH3 is 1. The number of para-hydroxylation sites is 1. The van der Waals surface area contributed by atoms with E-state index >= 15 is 0 Å². The Hall–Kier alpha value is -2.04. The summed E-state index contributed by atoms with van der Waals surface area (Å²) in [7, 11) is 1.40. The molecule has 0 unspecified atom stereocenters. The molecule has 1 aromatic carbocycles. The Labute approximate surface area is 80.3 Å². The summed E-state index contributed by atoms with van der Waals surface area (Å²) < 4.78 is 4.90. The second-order valence-corrected chi connectivity index (χ2v) is 2.45. The smallest absolute Gasteiger partial charge is 0.337 e. The fraction of sp³-hybridized carbons (Fsp3) is 0.111. The predicted octanol–water partition coefficient (Wildman–Crippen LogP) is 0.962. The second kappa shape index (κ2) is 4.27. The SMILES string of the molecule is COc1cccc(C(=O)O)c1NC=O. The van der Waals surface area contributed by atoms with Crippen molar-refractivity contribution in [3.63, 3.8) is 0 Å². The first-order valence-corrected chi connectivity index (χ1v) is 3.81. The van der Waals surface area contributed by atoms with Gasteiger partial charge in [0.2, 0.25) is 6.41 Å². The molecule has 0 aliphatic rings. The lowest BCUT2D eigenvalue weighted by atomic mass is 10.1. The van der Waals surface area contributed by atoms with E-state index in [-0.39, 0.29) is 11.3 Å². The lowest BCUT2D eigenvalue weighted by molar-refractivity contribution is -0.105. The average Bonchev–Trinajstić information content (AvgIpc) is 2.18. The third-order valence-corrected chi connectivity index (χ3v) is 1.68. The molecule has 0 aliphatic heterocycles. The molecule has 0 heterocycles. The summed E-state index contributed by atoms with van der Waals surface area (Å²) in [5, 5.41) is 11.1. The van der Waals surface area contributed by atoms with Gasteiger partial charge in [-0.3, -0.25) is 4.79 Å². The predicted molar refractivity (Wildman–Crippen MR) is 49.6 cm³/mol. The van der Waals surface area contributed by atoms with Crippen LogP contribution in [0.2, 0.25) is 0 Å². The third kappa shape index (κ3) is 1.82. The van der Waals surface area contributed by atoms with Gasteiger partial charge in [0.15, 0.2) is 0 Å². The summed E-state index contributed by atoms with van der Waals surface area (Å²) in [6.07, 6.45) is 0.407. The van der Waals surface area contributed by atoms with Gasteiger partial charge in [-0.1, -0.05) is 6.07 Å². The molecule has 0 aliphatic carbocycles. The van der Waals surface area contributed by atoms with Crippen LogP contribution in [0.5, 0.6) is 5.75 Å². The zero-order chi connectivity index (χ0) is 10.6. The van der Waals surface area contributed by atoms with Gasteiger partial charge in [-0.15, -0.1) is 0 Å². The number of carboxylic acids is 1. The molecule has 0 bridgehead atoms. The fourth-order valence-electron chi connectivity index (χ4n) is 1.09. The molecule has 0 saturated carbocycles. The van der Waals surface area contributed by atoms with Gasteiger partial charge in [-0.05, 0) is 12.1 Å². The largest absolute Gasteiger partial charge is 0.495 e. The van der Waals surface area contributed by atoms with E-state index in [1.165, 1.54) is 19.2 Å². The number of hydrogen-bond acceptors (Lipinski definition) is 3. The van der Waals surface area contributed by atoms with E-state index in [4.69, 9.17) is 9.84 Å². The third-order valence-electron chi connectivity index (χ3n) is 1.68. The zero-order valence-corrected chi connectivity index (χ0v) is 7.48. The Kier molecular flexibility index (Phi) is 3.06. The topological polar surface area (TPSA) is 75.6 Å². The summed E-state index contributed by atoms with van der Waals surface area (Å²) in [6, 6.07) is 4.49. The summed E-state index contributed by atoms with van der Waals surface area (Å²) in [5.41, 5.74) is 0.161. The molecule has 5 heteroatoms. The summed E-state index contributed by atoms with van der Waals surface area (Å²) >= 11 is 0. The Morgan fingerprint density at radius 3 is 2.79 bits per heavy atom. The van der Waals surface area contributed by atoms with Crippen LogP contribution in [0.3, 0.4) is 0 Å². The minimum atomic E-state index is -1.12. The molecule has 0 aromatic heterocycles. The lowest BCUT2D eigenvalue weighted by Gasteiger charge is -2.09. The second-order valence-electron chi connectivity index (χ2n) is 2.45. The minimum absolute atomic E-state index is 0.00329. The number of carbonyl (C=O) groups excluding carboxylic acids is 1. The molecular weight excluding hydrogens is 186 g/mol. The monoisotopic (exact) mass is 195 g/mol. The van der Waals surface area contributed by atoms with E-state index < -0.39 is 5.97 Å². The Bertz CT molecular complexity index is 362. The van der Waals surface area contributed by atoms with Crippen molar-refractivity contribution < 1.29 is 19.4 Å². The highest BCUT2D eigenvalue weighted by atomic mass is 16.5. The number of rotatable bonds is 4. The maximum atomic E-state index is 10.8. The van der Waals surface area contributed by atoms with Crippen LogP contribution in [0.25, 0.3) is 0 Å². The first-order chi connectivity index (χ1) is 6.70. The van der Waals surface area contributed by atoms with E-state index in [1.807, 2.05) is 0 Å². The van der Waals surface area contributed by atoms with Crippen LogP contribution in [-0.4, -0.2) is 24.6 Å². The number of anilines is 1. The first kappa shape index (κ1) is 10.0. The highest BCUT2D eigenvalue weighted by Crippen LogP contribution is 2.27. The number of amides is 1. The van der Waals surface area contributed by atoms with Crippen LogP contribution in [0.15, 0.2) is 18.2 Å². The maximum Gasteiger partial charge on any atom is 0.337 e. The van der Waals surface area contributed by atoms with Gasteiger partial charge < -0.3 is 15.2 Å². The van der Waals surface area contributed by atoms with Crippen molar-refractivity contribution in [1.29, 1.82) is 0 Å². The van der Waals surface area contributed by atoms with Gasteiger partial charge in [0.05, 0.1) is 18.4 Å². The molecule has 0 spiro atoms. The summed E-state index contributed by atoms with van der Waals surface area (Å²) in [5.74, 6) is -0.801. The molecule has 0 fully saturated rings. The van der Waals surface area contributed by atoms with Crippen LogP contribution < -0.4 is 10.1 Å². The summed E-state index contributed by atoms with van der Waals surface area (Å²) in [6.45, 7) is 0. The van der Waals surface area contributed by atoms with E-state index in [1.54, 1.807) is 6.07 Å². The molecule has 0 saturated heterocycles. The lowest BCUT2D eigenvalue weighted by Crippen LogP contribution is -2.06. The Morgan fingerprint density at radius 1 is 1.57 bits per heavy atom. The number of benzene rings is 1. The Morgan fingerprint density at radius 2 is 2.29 bits per heavy atom. The highest BCUT2D eigenvalue weighted by molar-refractivity contribution is 5.98. The van der Waals surface area contributed by atoms with Crippen LogP contribution in [0, 0.1) is 0 Å². The fourth-order valence-corrected chi connectivity index (χ4v) is 1.09. The van der Waals surface area contributed by atoms with Crippen molar-refractivity contribution >= 4 is 18.1 Å². The average molecular weight is 195 g/mol. The molecule has 5 nitrogen and oxygen atoms in total. The number of aromatic carboxylic acids is 1. The molecule has 0 atom stereocenters. The number of carboxylic acid groups (broad SMARTS) is 1. The van der Waals surface area contributed by atoms with E-state index in [9.17, 15) is 9.59 Å². The zero-order valence-electron chi connectivity index (χ0n) is 7.48. The molecule has 1 rings (SSSR count). The van der Waals surface area contributed by atoms with Crippen molar-refractivity contribution in [2.75, 3.05) is 12.4 Å². The molecule has 1 amide bonds. The van der Waals surface area contributed by atoms with Crippen molar-refractivity contribution in [2.24, 2.45) is 0 Å². The molecule has 1 aromatic rings. The number of ether oxygens (including phenoxy) is 1. The maximum absolute atomic E-state index is 10.8. The van der Waals surface area contributed by atoms with E-state index in [2.05, 4.69) is 5.32 Å². The number of nitrogens with one attached hydrogen (secondary N) is 1. The van der Waals surface area contributed by atoms with Crippen LogP contribution in [-0.2, 0) is 4.79 Å². The molecule has 0 radical (unpaired) electrons. The molecule has 2 N–H and O–H groups in total. The number of carbonyl (C=O) groups is 2. The molecule has 14 heavy (non-hydrogen) atoms. The quantitative estimate of drug-likeness (QED) is 0.701. The summed E-state index contributed by atoms with van der Waals surface area (Å²) in [4.78, 5) is 21.0. The minimum Gasteiger partial charge on any atom is -0.495 e. The van der Waals surface area contributed by atoms with E-state index in [0.29, 0.717) is 12.2 Å². The van der Waals surface area contributed by atoms with Crippen molar-refractivity contribution in [1.82, 2.24) is 0 Å². The molecular formula is C9H9NO4. The highest BCUT2D eigenvalue weighted by Gasteiger charge is 2.13. The van der Waals surface area contributed by atoms with Gasteiger partial charge in [0.25, 0.3) is 0 Å². The first-order valence-electron chi connectivity index (χ1n) is 3.81. The van der Waals surface area contributed by atoms with Crippen molar-refractivity contribution in [3.8, 4) is 5.75 Å². The normalized spacial score (nSPS) is 9.21. The number of hydrogen-bond donors (Lipinski definition) is 2. The van der Waals surface area contributed by atoms with Crippen molar-refractivity contribution in [3.05, 3.63) is 23.8 Å². The molecule has 74 valence electrons.